The van der Waals surface area contributed by atoms with Crippen LogP contribution < -0.4 is 0 Å². The number of allylic oxidation sites excluding steroid dienone is 1. The highest BCUT2D eigenvalue weighted by Gasteiger charge is 2.37. The second-order valence-electron chi connectivity index (χ2n) is 4.48. The van der Waals surface area contributed by atoms with E-state index in [9.17, 15) is 4.79 Å². The van der Waals surface area contributed by atoms with E-state index >= 15 is 0 Å². The van der Waals surface area contributed by atoms with Crippen molar-refractivity contribution in [2.75, 3.05) is 0 Å². The fourth-order valence-corrected chi connectivity index (χ4v) is 2.08. The number of benzene rings is 1. The summed E-state index contributed by atoms with van der Waals surface area (Å²) in [6.07, 6.45) is 0. The number of likely N-dealkylation sites (tertiary alicyclic amines) is 1. The smallest absolute Gasteiger partial charge is 0.230 e. The molecule has 1 aliphatic heterocycles. The van der Waals surface area contributed by atoms with Crippen LogP contribution in [0.25, 0.3) is 0 Å². The second kappa shape index (κ2) is 4.12. The fourth-order valence-electron chi connectivity index (χ4n) is 2.08. The van der Waals surface area contributed by atoms with E-state index in [-0.39, 0.29) is 17.7 Å². The van der Waals surface area contributed by atoms with Gasteiger partial charge in [-0.05, 0) is 5.56 Å². The number of carbonyl (C=O) groups excluding carboxylic acids is 1. The summed E-state index contributed by atoms with van der Waals surface area (Å²) >= 11 is 0. The van der Waals surface area contributed by atoms with Gasteiger partial charge < -0.3 is 4.90 Å². The lowest BCUT2D eigenvalue weighted by Gasteiger charge is -2.18. The van der Waals surface area contributed by atoms with Crippen LogP contribution in [0.1, 0.15) is 19.4 Å². The molecule has 0 N–H and O–H groups in total. The van der Waals surface area contributed by atoms with E-state index in [1.807, 2.05) is 42.2 Å². The van der Waals surface area contributed by atoms with E-state index in [1.54, 1.807) is 0 Å². The van der Waals surface area contributed by atoms with Crippen LogP contribution in [0.3, 0.4) is 0 Å². The van der Waals surface area contributed by atoms with Gasteiger partial charge in [-0.2, -0.15) is 0 Å². The van der Waals surface area contributed by atoms with Crippen molar-refractivity contribution in [3.05, 3.63) is 48.2 Å². The van der Waals surface area contributed by atoms with Crippen molar-refractivity contribution in [1.82, 2.24) is 4.90 Å². The molecule has 84 valence electrons. The molecule has 0 radical (unpaired) electrons. The van der Waals surface area contributed by atoms with Crippen LogP contribution in [0.2, 0.25) is 0 Å². The highest BCUT2D eigenvalue weighted by Crippen LogP contribution is 2.33. The van der Waals surface area contributed by atoms with Gasteiger partial charge in [-0.1, -0.05) is 50.8 Å². The van der Waals surface area contributed by atoms with Gasteiger partial charge in [0.05, 0.1) is 6.54 Å². The molecule has 16 heavy (non-hydrogen) atoms. The predicted molar refractivity (Wildman–Crippen MR) is 64.5 cm³/mol. The molecule has 2 atom stereocenters. The highest BCUT2D eigenvalue weighted by molar-refractivity contribution is 5.84. The fraction of sp³-hybridized carbons (Fsp3) is 0.357. The van der Waals surface area contributed by atoms with Crippen LogP contribution in [0.5, 0.6) is 0 Å². The lowest BCUT2D eigenvalue weighted by molar-refractivity contribution is -0.130. The highest BCUT2D eigenvalue weighted by atomic mass is 16.2. The van der Waals surface area contributed by atoms with Gasteiger partial charge in [-0.3, -0.25) is 4.79 Å². The zero-order valence-electron chi connectivity index (χ0n) is 9.81. The van der Waals surface area contributed by atoms with Gasteiger partial charge in [0.1, 0.15) is 0 Å². The van der Waals surface area contributed by atoms with Crippen molar-refractivity contribution >= 4 is 5.91 Å². The topological polar surface area (TPSA) is 20.3 Å². The lowest BCUT2D eigenvalue weighted by atomic mass is 9.98. The zero-order chi connectivity index (χ0) is 11.7. The summed E-state index contributed by atoms with van der Waals surface area (Å²) in [4.78, 5) is 13.8. The molecular weight excluding hydrogens is 198 g/mol. The molecule has 1 fully saturated rings. The largest absolute Gasteiger partial charge is 0.312 e. The van der Waals surface area contributed by atoms with Crippen LogP contribution in [0.4, 0.5) is 0 Å². The van der Waals surface area contributed by atoms with Crippen molar-refractivity contribution in [2.24, 2.45) is 11.8 Å². The zero-order valence-corrected chi connectivity index (χ0v) is 9.81. The Bertz CT molecular complexity index is 390. The van der Waals surface area contributed by atoms with Crippen LogP contribution in [0.15, 0.2) is 42.6 Å². The van der Waals surface area contributed by atoms with Gasteiger partial charge in [-0.25, -0.2) is 0 Å². The van der Waals surface area contributed by atoms with Gasteiger partial charge in [-0.15, -0.1) is 0 Å². The monoisotopic (exact) mass is 215 g/mol. The number of amides is 1. The van der Waals surface area contributed by atoms with Crippen molar-refractivity contribution < 1.29 is 4.79 Å². The number of hydrogen-bond donors (Lipinski definition) is 0. The first-order chi connectivity index (χ1) is 7.61. The van der Waals surface area contributed by atoms with Crippen LogP contribution in [0, 0.1) is 11.8 Å². The molecule has 1 heterocycles. The summed E-state index contributed by atoms with van der Waals surface area (Å²) in [7, 11) is 0. The Balaban J connectivity index is 2.17. The third-order valence-corrected chi connectivity index (χ3v) is 3.46. The standard InChI is InChI=1S/C14H17NO/c1-10-11(2)14(16)15(12(10)3)9-13-7-5-4-6-8-13/h4-8,10-11H,3,9H2,1-2H3/t10-,11-/m0/s1. The summed E-state index contributed by atoms with van der Waals surface area (Å²) < 4.78 is 0. The quantitative estimate of drug-likeness (QED) is 0.743. The number of hydrogen-bond acceptors (Lipinski definition) is 1. The summed E-state index contributed by atoms with van der Waals surface area (Å²) in [6, 6.07) is 10.0. The van der Waals surface area contributed by atoms with Gasteiger partial charge in [0.15, 0.2) is 0 Å². The molecule has 2 nitrogen and oxygen atoms in total. The Kier molecular flexibility index (Phi) is 2.82. The summed E-state index contributed by atoms with van der Waals surface area (Å²) in [5, 5.41) is 0. The molecule has 0 saturated carbocycles. The minimum absolute atomic E-state index is 0.0659. The number of carbonyl (C=O) groups is 1. The molecule has 1 amide bonds. The van der Waals surface area contributed by atoms with Gasteiger partial charge in [0.25, 0.3) is 0 Å². The lowest BCUT2D eigenvalue weighted by Crippen LogP contribution is -2.24. The number of nitrogens with zero attached hydrogens (tertiary/aromatic N) is 1. The van der Waals surface area contributed by atoms with Crippen molar-refractivity contribution in [3.63, 3.8) is 0 Å². The van der Waals surface area contributed by atoms with E-state index in [0.29, 0.717) is 6.54 Å². The Morgan fingerprint density at radius 2 is 1.81 bits per heavy atom. The summed E-state index contributed by atoms with van der Waals surface area (Å²) in [5.74, 6) is 0.522. The van der Waals surface area contributed by atoms with Gasteiger partial charge in [0.2, 0.25) is 5.91 Å². The van der Waals surface area contributed by atoms with Crippen LogP contribution in [-0.4, -0.2) is 10.8 Å². The molecule has 1 aliphatic rings. The van der Waals surface area contributed by atoms with Gasteiger partial charge in [0, 0.05) is 17.5 Å². The molecular formula is C14H17NO. The first kappa shape index (κ1) is 10.9. The maximum Gasteiger partial charge on any atom is 0.230 e. The number of rotatable bonds is 2. The van der Waals surface area contributed by atoms with E-state index in [0.717, 1.165) is 11.3 Å². The first-order valence-corrected chi connectivity index (χ1v) is 5.65. The molecule has 2 rings (SSSR count). The molecule has 0 spiro atoms. The summed E-state index contributed by atoms with van der Waals surface area (Å²) in [5.41, 5.74) is 2.10. The first-order valence-electron chi connectivity index (χ1n) is 5.65. The molecule has 1 saturated heterocycles. The third-order valence-electron chi connectivity index (χ3n) is 3.46. The summed E-state index contributed by atoms with van der Waals surface area (Å²) in [6.45, 7) is 8.71. The average molecular weight is 215 g/mol. The molecule has 2 heteroatoms. The van der Waals surface area contributed by atoms with Crippen LogP contribution >= 0.6 is 0 Å². The Labute approximate surface area is 96.6 Å². The Hall–Kier alpha value is -1.57. The SMILES string of the molecule is C=C1[C@@H](C)[C@H](C)C(=O)N1Cc1ccccc1. The third kappa shape index (κ3) is 1.75. The molecule has 1 aromatic carbocycles. The average Bonchev–Trinajstić information content (AvgIpc) is 2.48. The normalized spacial score (nSPS) is 25.2. The minimum Gasteiger partial charge on any atom is -0.312 e. The van der Waals surface area contributed by atoms with Gasteiger partial charge >= 0.3 is 0 Å². The Morgan fingerprint density at radius 1 is 1.19 bits per heavy atom. The molecule has 0 aromatic heterocycles. The molecule has 0 bridgehead atoms. The van der Waals surface area contributed by atoms with Crippen LogP contribution in [-0.2, 0) is 11.3 Å². The van der Waals surface area contributed by atoms with Crippen molar-refractivity contribution in [3.8, 4) is 0 Å². The van der Waals surface area contributed by atoms with E-state index < -0.39 is 0 Å². The van der Waals surface area contributed by atoms with Crippen molar-refractivity contribution in [1.29, 1.82) is 0 Å². The van der Waals surface area contributed by atoms with E-state index in [4.69, 9.17) is 0 Å². The Morgan fingerprint density at radius 3 is 2.31 bits per heavy atom. The predicted octanol–water partition coefficient (Wildman–Crippen LogP) is 2.81. The second-order valence-corrected chi connectivity index (χ2v) is 4.48. The minimum atomic E-state index is 0.0659. The molecule has 0 aliphatic carbocycles. The van der Waals surface area contributed by atoms with Crippen molar-refractivity contribution in [2.45, 2.75) is 20.4 Å². The maximum absolute atomic E-state index is 12.0. The van der Waals surface area contributed by atoms with E-state index in [2.05, 4.69) is 13.5 Å². The molecule has 0 unspecified atom stereocenters. The maximum atomic E-state index is 12.0. The van der Waals surface area contributed by atoms with E-state index in [1.165, 1.54) is 0 Å². The molecule has 1 aromatic rings.